The second-order valence-electron chi connectivity index (χ2n) is 10.8. The van der Waals surface area contributed by atoms with Gasteiger partial charge in [0.2, 0.25) is 11.8 Å². The van der Waals surface area contributed by atoms with E-state index in [0.29, 0.717) is 29.4 Å². The second-order valence-corrected chi connectivity index (χ2v) is 10.8. The van der Waals surface area contributed by atoms with Gasteiger partial charge in [0, 0.05) is 37.0 Å². The highest BCUT2D eigenvalue weighted by molar-refractivity contribution is 5.95. The van der Waals surface area contributed by atoms with Crippen molar-refractivity contribution in [1.82, 2.24) is 21.3 Å². The molecule has 0 aliphatic heterocycles. The quantitative estimate of drug-likeness (QED) is 0.189. The number of nitrogens with one attached hydrogen (secondary N) is 4. The van der Waals surface area contributed by atoms with Crippen LogP contribution < -0.4 is 21.3 Å². The summed E-state index contributed by atoms with van der Waals surface area (Å²) in [5, 5.41) is 20.1. The van der Waals surface area contributed by atoms with Crippen molar-refractivity contribution >= 4 is 24.0 Å². The maximum atomic E-state index is 12.6. The van der Waals surface area contributed by atoms with Crippen LogP contribution in [0.2, 0.25) is 0 Å². The molecule has 1 atom stereocenters. The second kappa shape index (κ2) is 17.9. The number of amides is 3. The molecule has 9 nitrogen and oxygen atoms in total. The van der Waals surface area contributed by atoms with Gasteiger partial charge in [0.1, 0.15) is 12.3 Å². The average Bonchev–Trinajstić information content (AvgIpc) is 3.02. The number of aldehydes is 1. The van der Waals surface area contributed by atoms with Crippen molar-refractivity contribution in [2.45, 2.75) is 51.6 Å². The van der Waals surface area contributed by atoms with Crippen molar-refractivity contribution in [3.05, 3.63) is 95.6 Å². The van der Waals surface area contributed by atoms with Crippen molar-refractivity contribution in [1.29, 1.82) is 5.26 Å². The Hall–Kier alpha value is -4.81. The van der Waals surface area contributed by atoms with Gasteiger partial charge in [-0.15, -0.1) is 0 Å². The number of carbonyl (C=O) groups is 4. The Bertz CT molecular complexity index is 1380. The van der Waals surface area contributed by atoms with Crippen molar-refractivity contribution in [2.24, 2.45) is 0 Å². The van der Waals surface area contributed by atoms with E-state index in [1.54, 1.807) is 30.3 Å². The van der Waals surface area contributed by atoms with Crippen molar-refractivity contribution < 1.29 is 19.2 Å². The Balaban J connectivity index is 0.000000973. The molecule has 0 bridgehead atoms. The first-order chi connectivity index (χ1) is 20.6. The van der Waals surface area contributed by atoms with Gasteiger partial charge in [-0.1, -0.05) is 54.6 Å². The molecule has 0 saturated carbocycles. The maximum Gasteiger partial charge on any atom is 0.251 e. The van der Waals surface area contributed by atoms with Crippen LogP contribution in [0.1, 0.15) is 55.1 Å². The lowest BCUT2D eigenvalue weighted by Crippen LogP contribution is -2.48. The molecule has 0 aliphatic carbocycles. The van der Waals surface area contributed by atoms with Crippen LogP contribution in [0.5, 0.6) is 0 Å². The Labute approximate surface area is 254 Å². The Morgan fingerprint density at radius 2 is 1.53 bits per heavy atom. The molecule has 226 valence electrons. The largest absolute Gasteiger partial charge is 0.353 e. The number of hydrogen-bond acceptors (Lipinski definition) is 6. The summed E-state index contributed by atoms with van der Waals surface area (Å²) in [6.45, 7) is 6.70. The molecule has 4 N–H and O–H groups in total. The molecule has 0 spiro atoms. The number of nitrogens with zero attached hydrogens (tertiary/aromatic N) is 1. The lowest BCUT2D eigenvalue weighted by Gasteiger charge is -2.16. The van der Waals surface area contributed by atoms with E-state index in [9.17, 15) is 19.2 Å². The summed E-state index contributed by atoms with van der Waals surface area (Å²) in [5.74, 6) is -1.11. The zero-order valence-corrected chi connectivity index (χ0v) is 25.3. The van der Waals surface area contributed by atoms with E-state index >= 15 is 0 Å². The highest BCUT2D eigenvalue weighted by Gasteiger charge is 2.20. The number of rotatable bonds is 12. The van der Waals surface area contributed by atoms with Crippen molar-refractivity contribution in [3.8, 4) is 17.2 Å². The molecule has 1 unspecified atom stereocenters. The van der Waals surface area contributed by atoms with Crippen LogP contribution in [-0.4, -0.2) is 55.7 Å². The molecule has 0 aromatic heterocycles. The summed E-state index contributed by atoms with van der Waals surface area (Å²) in [7, 11) is 1.96. The molecule has 0 radical (unpaired) electrons. The third-order valence-electron chi connectivity index (χ3n) is 6.40. The van der Waals surface area contributed by atoms with E-state index in [0.717, 1.165) is 16.7 Å². The zero-order valence-electron chi connectivity index (χ0n) is 25.3. The monoisotopic (exact) mass is 583 g/mol. The van der Waals surface area contributed by atoms with E-state index in [2.05, 4.69) is 48.1 Å². The molecule has 0 heterocycles. The first-order valence-electron chi connectivity index (χ1n) is 14.2. The van der Waals surface area contributed by atoms with Gasteiger partial charge in [-0.3, -0.25) is 14.4 Å². The summed E-state index contributed by atoms with van der Waals surface area (Å²) in [6, 6.07) is 24.8. The summed E-state index contributed by atoms with van der Waals surface area (Å²) >= 11 is 0. The fraction of sp³-hybridized carbons (Fsp3) is 0.324. The number of nitriles is 1. The highest BCUT2D eigenvalue weighted by atomic mass is 16.2. The number of benzene rings is 3. The van der Waals surface area contributed by atoms with Crippen molar-refractivity contribution in [3.63, 3.8) is 0 Å². The van der Waals surface area contributed by atoms with Gasteiger partial charge in [0.25, 0.3) is 5.91 Å². The van der Waals surface area contributed by atoms with E-state index in [1.807, 2.05) is 55.6 Å². The Kier molecular flexibility index (Phi) is 14.3. The van der Waals surface area contributed by atoms with Crippen LogP contribution in [0.4, 0.5) is 0 Å². The van der Waals surface area contributed by atoms with Crippen LogP contribution >= 0.6 is 0 Å². The van der Waals surface area contributed by atoms with Gasteiger partial charge < -0.3 is 26.1 Å². The molecule has 43 heavy (non-hydrogen) atoms. The van der Waals surface area contributed by atoms with Crippen LogP contribution in [0.3, 0.4) is 0 Å². The molecule has 3 amide bonds. The molecule has 9 heteroatoms. The van der Waals surface area contributed by atoms with Gasteiger partial charge in [-0.2, -0.15) is 5.26 Å². The van der Waals surface area contributed by atoms with Gasteiger partial charge >= 0.3 is 0 Å². The first kappa shape index (κ1) is 34.4. The highest BCUT2D eigenvalue weighted by Crippen LogP contribution is 2.21. The normalized spacial score (nSPS) is 11.1. The van der Waals surface area contributed by atoms with E-state index in [4.69, 9.17) is 5.26 Å². The molecule has 0 fully saturated rings. The lowest BCUT2D eigenvalue weighted by atomic mass is 10.0. The predicted molar refractivity (Wildman–Crippen MR) is 168 cm³/mol. The topological polar surface area (TPSA) is 140 Å². The van der Waals surface area contributed by atoms with Gasteiger partial charge in [0.05, 0.1) is 11.6 Å². The number of carbonyl (C=O) groups excluding carboxylic acids is 4. The van der Waals surface area contributed by atoms with Gasteiger partial charge in [-0.05, 0) is 75.2 Å². The van der Waals surface area contributed by atoms with Crippen LogP contribution in [0, 0.1) is 11.3 Å². The molecule has 0 saturated heterocycles. The molecule has 3 aromatic rings. The third-order valence-corrected chi connectivity index (χ3v) is 6.40. The Morgan fingerprint density at radius 3 is 2.14 bits per heavy atom. The average molecular weight is 584 g/mol. The summed E-state index contributed by atoms with van der Waals surface area (Å²) in [6.07, 6.45) is 1.17. The predicted octanol–water partition coefficient (Wildman–Crippen LogP) is 3.78. The molecular formula is C34H41N5O4. The van der Waals surface area contributed by atoms with E-state index in [1.165, 1.54) is 0 Å². The number of aryl methyl sites for hydroxylation is 1. The van der Waals surface area contributed by atoms with E-state index in [-0.39, 0.29) is 37.7 Å². The fourth-order valence-corrected chi connectivity index (χ4v) is 3.66. The minimum absolute atomic E-state index is 0.134. The molecule has 3 rings (SSSR count). The first-order valence-corrected chi connectivity index (χ1v) is 14.2. The molecular weight excluding hydrogens is 542 g/mol. The van der Waals surface area contributed by atoms with Crippen molar-refractivity contribution in [2.75, 3.05) is 20.1 Å². The zero-order chi connectivity index (χ0) is 31.7. The number of hydrogen-bond donors (Lipinski definition) is 4. The van der Waals surface area contributed by atoms with Crippen LogP contribution in [0.15, 0.2) is 78.9 Å². The van der Waals surface area contributed by atoms with Gasteiger partial charge in [-0.25, -0.2) is 0 Å². The third kappa shape index (κ3) is 13.1. The summed E-state index contributed by atoms with van der Waals surface area (Å²) < 4.78 is 0. The van der Waals surface area contributed by atoms with Crippen LogP contribution in [-0.2, 0) is 20.8 Å². The standard InChI is InChI=1S/C29H28N4O4.C5H13N/c30-20-22-9-12-23(13-10-22)24-7-4-8-25(19-24)28(36)31-16-17-32-29(37)26(15-18-34)33-27(35)14-11-21-5-2-1-3-6-21;1-5(2,3)6-4/h1-10,12-13,18-19,26H,11,14-17H2,(H,31,36)(H,32,37)(H,33,35);6H,1-4H3. The summed E-state index contributed by atoms with van der Waals surface area (Å²) in [5.41, 5.74) is 4.03. The smallest absolute Gasteiger partial charge is 0.251 e. The van der Waals surface area contributed by atoms with Gasteiger partial charge in [0.15, 0.2) is 0 Å². The minimum Gasteiger partial charge on any atom is -0.353 e. The molecule has 3 aromatic carbocycles. The molecule has 0 aliphatic rings. The fourth-order valence-electron chi connectivity index (χ4n) is 3.66. The van der Waals surface area contributed by atoms with Crippen LogP contribution in [0.25, 0.3) is 11.1 Å². The van der Waals surface area contributed by atoms with E-state index < -0.39 is 11.9 Å². The summed E-state index contributed by atoms with van der Waals surface area (Å²) in [4.78, 5) is 48.3. The Morgan fingerprint density at radius 1 is 0.884 bits per heavy atom. The minimum atomic E-state index is -0.972. The lowest BCUT2D eigenvalue weighted by molar-refractivity contribution is -0.129. The SMILES string of the molecule is CNC(C)(C)C.N#Cc1ccc(-c2cccc(C(=O)NCCNC(=O)C(CC=O)NC(=O)CCc3ccccc3)c2)cc1. The maximum absolute atomic E-state index is 12.6.